The van der Waals surface area contributed by atoms with Gasteiger partial charge in [-0.2, -0.15) is 0 Å². The first-order valence-electron chi connectivity index (χ1n) is 9.57. The van der Waals surface area contributed by atoms with Gasteiger partial charge in [-0.05, 0) is 33.6 Å². The van der Waals surface area contributed by atoms with Crippen LogP contribution in [0.25, 0.3) is 0 Å². The standard InChI is InChI=1S/C19H33N5O2S/c1-13(2)16-22-15(12-27-16)10-21-17(20-6)23-14-8-7-9-24(11-14)18(25)26-19(3,4)5/h12-14H,7-11H2,1-6H3,(H2,20,21,23). The first-order valence-corrected chi connectivity index (χ1v) is 10.5. The van der Waals surface area contributed by atoms with E-state index in [1.54, 1.807) is 23.3 Å². The minimum absolute atomic E-state index is 0.152. The molecule has 0 aliphatic carbocycles. The minimum Gasteiger partial charge on any atom is -0.444 e. The monoisotopic (exact) mass is 395 g/mol. The average molecular weight is 396 g/mol. The maximum absolute atomic E-state index is 12.3. The molecule has 8 heteroatoms. The van der Waals surface area contributed by atoms with E-state index in [1.807, 2.05) is 20.8 Å². The van der Waals surface area contributed by atoms with Crippen LogP contribution in [0.3, 0.4) is 0 Å². The molecule has 0 aromatic carbocycles. The van der Waals surface area contributed by atoms with Crippen LogP contribution in [0.2, 0.25) is 0 Å². The number of amides is 1. The van der Waals surface area contributed by atoms with Gasteiger partial charge in [0.25, 0.3) is 0 Å². The van der Waals surface area contributed by atoms with Crippen molar-refractivity contribution in [3.05, 3.63) is 16.1 Å². The number of likely N-dealkylation sites (tertiary alicyclic amines) is 1. The van der Waals surface area contributed by atoms with Gasteiger partial charge in [0.1, 0.15) is 5.60 Å². The van der Waals surface area contributed by atoms with E-state index < -0.39 is 5.60 Å². The van der Waals surface area contributed by atoms with Crippen molar-refractivity contribution in [3.8, 4) is 0 Å². The van der Waals surface area contributed by atoms with Crippen LogP contribution in [-0.4, -0.2) is 53.7 Å². The van der Waals surface area contributed by atoms with Gasteiger partial charge in [-0.25, -0.2) is 9.78 Å². The Bertz CT molecular complexity index is 651. The predicted octanol–water partition coefficient (Wildman–Crippen LogP) is 3.33. The van der Waals surface area contributed by atoms with E-state index in [4.69, 9.17) is 4.74 Å². The van der Waals surface area contributed by atoms with Crippen molar-refractivity contribution in [2.75, 3.05) is 20.1 Å². The summed E-state index contributed by atoms with van der Waals surface area (Å²) in [5.74, 6) is 1.17. The molecule has 2 N–H and O–H groups in total. The number of hydrogen-bond donors (Lipinski definition) is 2. The van der Waals surface area contributed by atoms with Crippen molar-refractivity contribution in [1.29, 1.82) is 0 Å². The Hall–Kier alpha value is -1.83. The smallest absolute Gasteiger partial charge is 0.410 e. The Kier molecular flexibility index (Phi) is 7.47. The average Bonchev–Trinajstić information content (AvgIpc) is 3.06. The molecular weight excluding hydrogens is 362 g/mol. The summed E-state index contributed by atoms with van der Waals surface area (Å²) in [6.45, 7) is 11.9. The van der Waals surface area contributed by atoms with Crippen molar-refractivity contribution < 1.29 is 9.53 Å². The maximum Gasteiger partial charge on any atom is 0.410 e. The van der Waals surface area contributed by atoms with Crippen LogP contribution in [0.15, 0.2) is 10.4 Å². The fourth-order valence-corrected chi connectivity index (χ4v) is 3.65. The number of piperidine rings is 1. The van der Waals surface area contributed by atoms with Crippen LogP contribution in [0.4, 0.5) is 4.79 Å². The van der Waals surface area contributed by atoms with E-state index in [-0.39, 0.29) is 12.1 Å². The lowest BCUT2D eigenvalue weighted by Gasteiger charge is -2.35. The number of aromatic nitrogens is 1. The number of rotatable bonds is 4. The molecule has 0 bridgehead atoms. The molecule has 2 rings (SSSR count). The van der Waals surface area contributed by atoms with Gasteiger partial charge in [-0.3, -0.25) is 4.99 Å². The number of aliphatic imine (C=N–C) groups is 1. The van der Waals surface area contributed by atoms with E-state index in [1.165, 1.54) is 0 Å². The van der Waals surface area contributed by atoms with Crippen molar-refractivity contribution in [2.45, 2.75) is 71.6 Å². The number of nitrogens with one attached hydrogen (secondary N) is 2. The summed E-state index contributed by atoms with van der Waals surface area (Å²) in [4.78, 5) is 23.0. The topological polar surface area (TPSA) is 78.9 Å². The molecule has 1 atom stereocenters. The number of carbonyl (C=O) groups is 1. The van der Waals surface area contributed by atoms with E-state index in [0.29, 0.717) is 19.0 Å². The SMILES string of the molecule is CN=C(NCc1csc(C(C)C)n1)NC1CCCN(C(=O)OC(C)(C)C)C1. The summed E-state index contributed by atoms with van der Waals surface area (Å²) >= 11 is 1.69. The normalized spacial score (nSPS) is 18.6. The lowest BCUT2D eigenvalue weighted by Crippen LogP contribution is -2.53. The van der Waals surface area contributed by atoms with Gasteiger partial charge in [-0.1, -0.05) is 13.8 Å². The third kappa shape index (κ3) is 7.01. The first kappa shape index (κ1) is 21.5. The van der Waals surface area contributed by atoms with Crippen LogP contribution in [0.1, 0.15) is 64.1 Å². The number of ether oxygens (including phenoxy) is 1. The van der Waals surface area contributed by atoms with E-state index in [0.717, 1.165) is 36.0 Å². The van der Waals surface area contributed by atoms with Crippen LogP contribution in [0, 0.1) is 0 Å². The zero-order valence-electron chi connectivity index (χ0n) is 17.3. The second kappa shape index (κ2) is 9.39. The molecule has 0 spiro atoms. The Labute approximate surface area is 166 Å². The maximum atomic E-state index is 12.3. The Morgan fingerprint density at radius 1 is 1.48 bits per heavy atom. The quantitative estimate of drug-likeness (QED) is 0.604. The molecule has 27 heavy (non-hydrogen) atoms. The van der Waals surface area contributed by atoms with E-state index in [9.17, 15) is 4.79 Å². The number of hydrogen-bond acceptors (Lipinski definition) is 5. The van der Waals surface area contributed by atoms with Gasteiger partial charge in [0, 0.05) is 37.5 Å². The summed E-state index contributed by atoms with van der Waals surface area (Å²) in [6, 6.07) is 0.152. The van der Waals surface area contributed by atoms with E-state index in [2.05, 4.69) is 39.8 Å². The highest BCUT2D eigenvalue weighted by Gasteiger charge is 2.28. The molecule has 1 unspecified atom stereocenters. The molecule has 152 valence electrons. The second-order valence-electron chi connectivity index (χ2n) is 8.17. The van der Waals surface area contributed by atoms with Crippen molar-refractivity contribution >= 4 is 23.4 Å². The largest absolute Gasteiger partial charge is 0.444 e. The summed E-state index contributed by atoms with van der Waals surface area (Å²) in [5.41, 5.74) is 0.544. The molecular formula is C19H33N5O2S. The second-order valence-corrected chi connectivity index (χ2v) is 9.06. The predicted molar refractivity (Wildman–Crippen MR) is 110 cm³/mol. The molecule has 1 aliphatic rings. The molecule has 1 amide bonds. The Morgan fingerprint density at radius 3 is 2.81 bits per heavy atom. The van der Waals surface area contributed by atoms with Gasteiger partial charge in [0.15, 0.2) is 5.96 Å². The molecule has 7 nitrogen and oxygen atoms in total. The zero-order valence-corrected chi connectivity index (χ0v) is 18.2. The summed E-state index contributed by atoms with van der Waals surface area (Å²) in [5, 5.41) is 9.97. The molecule has 1 fully saturated rings. The Balaban J connectivity index is 1.85. The third-order valence-corrected chi connectivity index (χ3v) is 5.33. The zero-order chi connectivity index (χ0) is 20.0. The number of thiazole rings is 1. The molecule has 1 aliphatic heterocycles. The highest BCUT2D eigenvalue weighted by atomic mass is 32.1. The molecule has 2 heterocycles. The van der Waals surface area contributed by atoms with Gasteiger partial charge in [-0.15, -0.1) is 11.3 Å². The third-order valence-electron chi connectivity index (χ3n) is 4.14. The van der Waals surface area contributed by atoms with Crippen LogP contribution < -0.4 is 10.6 Å². The van der Waals surface area contributed by atoms with Crippen LogP contribution >= 0.6 is 11.3 Å². The summed E-state index contributed by atoms with van der Waals surface area (Å²) < 4.78 is 5.49. The highest BCUT2D eigenvalue weighted by molar-refractivity contribution is 7.09. The number of nitrogens with zero attached hydrogens (tertiary/aromatic N) is 3. The van der Waals surface area contributed by atoms with Gasteiger partial charge >= 0.3 is 6.09 Å². The fourth-order valence-electron chi connectivity index (χ4n) is 2.82. The summed E-state index contributed by atoms with van der Waals surface area (Å²) in [6.07, 6.45) is 1.69. The number of guanidine groups is 1. The highest BCUT2D eigenvalue weighted by Crippen LogP contribution is 2.19. The minimum atomic E-state index is -0.475. The lowest BCUT2D eigenvalue weighted by atomic mass is 10.1. The summed E-state index contributed by atoms with van der Waals surface area (Å²) in [7, 11) is 1.75. The van der Waals surface area contributed by atoms with Gasteiger partial charge < -0.3 is 20.3 Å². The molecule has 0 saturated carbocycles. The lowest BCUT2D eigenvalue weighted by molar-refractivity contribution is 0.0193. The van der Waals surface area contributed by atoms with Crippen LogP contribution in [0.5, 0.6) is 0 Å². The molecule has 1 aromatic rings. The van der Waals surface area contributed by atoms with E-state index >= 15 is 0 Å². The van der Waals surface area contributed by atoms with Crippen molar-refractivity contribution in [1.82, 2.24) is 20.5 Å². The van der Waals surface area contributed by atoms with Crippen LogP contribution in [-0.2, 0) is 11.3 Å². The Morgan fingerprint density at radius 2 is 2.22 bits per heavy atom. The van der Waals surface area contributed by atoms with Gasteiger partial charge in [0.2, 0.25) is 0 Å². The fraction of sp³-hybridized carbons (Fsp3) is 0.737. The number of carbonyl (C=O) groups excluding carboxylic acids is 1. The van der Waals surface area contributed by atoms with Crippen molar-refractivity contribution in [3.63, 3.8) is 0 Å². The molecule has 0 radical (unpaired) electrons. The first-order chi connectivity index (χ1) is 12.7. The molecule has 1 saturated heterocycles. The van der Waals surface area contributed by atoms with Gasteiger partial charge in [0.05, 0.1) is 17.2 Å². The molecule has 1 aromatic heterocycles. The van der Waals surface area contributed by atoms with Crippen molar-refractivity contribution in [2.24, 2.45) is 4.99 Å².